The van der Waals surface area contributed by atoms with Crippen LogP contribution < -0.4 is 0 Å². The Labute approximate surface area is 131 Å². The zero-order chi connectivity index (χ0) is 15.4. The van der Waals surface area contributed by atoms with Crippen LogP contribution in [0.5, 0.6) is 0 Å². The van der Waals surface area contributed by atoms with Gasteiger partial charge in [-0.2, -0.15) is 0 Å². The molecule has 0 saturated carbocycles. The van der Waals surface area contributed by atoms with E-state index in [2.05, 4.69) is 15.2 Å². The zero-order valence-corrected chi connectivity index (χ0v) is 12.8. The van der Waals surface area contributed by atoms with Gasteiger partial charge in [-0.05, 0) is 31.2 Å². The third-order valence-electron chi connectivity index (χ3n) is 3.09. The summed E-state index contributed by atoms with van der Waals surface area (Å²) in [5.74, 6) is 1.65. The lowest BCUT2D eigenvalue weighted by Crippen LogP contribution is -2.05. The van der Waals surface area contributed by atoms with Crippen molar-refractivity contribution < 1.29 is 9.21 Å². The summed E-state index contributed by atoms with van der Waals surface area (Å²) >= 11 is 1.36. The maximum atomic E-state index is 12.1. The minimum atomic E-state index is 0.0169. The Balaban J connectivity index is 1.75. The smallest absolute Gasteiger partial charge is 0.200 e. The van der Waals surface area contributed by atoms with E-state index in [1.54, 1.807) is 30.8 Å². The fraction of sp³-hybridized carbons (Fsp3) is 0.200. The minimum absolute atomic E-state index is 0.0169. The molecule has 0 aliphatic carbocycles. The number of hydrogen-bond donors (Lipinski definition) is 0. The van der Waals surface area contributed by atoms with Crippen molar-refractivity contribution in [1.82, 2.24) is 19.7 Å². The molecule has 112 valence electrons. The van der Waals surface area contributed by atoms with Gasteiger partial charge in [0.05, 0.1) is 12.0 Å². The standard InChI is InChI=1S/C15H14N4O2S/c1-2-19-14(13-6-4-8-21-13)17-18-15(19)22-10-12(20)11-5-3-7-16-9-11/h3-9H,2,10H2,1H3. The first-order valence-electron chi connectivity index (χ1n) is 6.82. The Bertz CT molecular complexity index is 753. The molecule has 7 heteroatoms. The van der Waals surface area contributed by atoms with E-state index in [-0.39, 0.29) is 5.78 Å². The van der Waals surface area contributed by atoms with Gasteiger partial charge in [0, 0.05) is 24.5 Å². The van der Waals surface area contributed by atoms with E-state index in [4.69, 9.17) is 4.42 Å². The Kier molecular flexibility index (Phi) is 4.34. The number of ketones is 1. The lowest BCUT2D eigenvalue weighted by molar-refractivity contribution is 0.102. The molecule has 0 unspecified atom stereocenters. The van der Waals surface area contributed by atoms with Crippen molar-refractivity contribution in [2.75, 3.05) is 5.75 Å². The average Bonchev–Trinajstić information content (AvgIpc) is 3.22. The number of pyridine rings is 1. The van der Waals surface area contributed by atoms with E-state index in [0.29, 0.717) is 34.6 Å². The van der Waals surface area contributed by atoms with E-state index in [1.807, 2.05) is 23.6 Å². The van der Waals surface area contributed by atoms with Gasteiger partial charge in [-0.15, -0.1) is 10.2 Å². The summed E-state index contributed by atoms with van der Waals surface area (Å²) in [6.45, 7) is 2.70. The monoisotopic (exact) mass is 314 g/mol. The molecule has 0 aromatic carbocycles. The van der Waals surface area contributed by atoms with Gasteiger partial charge in [-0.3, -0.25) is 14.3 Å². The fourth-order valence-electron chi connectivity index (χ4n) is 2.01. The van der Waals surface area contributed by atoms with Crippen molar-refractivity contribution in [2.24, 2.45) is 0 Å². The molecule has 6 nitrogen and oxygen atoms in total. The van der Waals surface area contributed by atoms with Crippen LogP contribution in [0.2, 0.25) is 0 Å². The van der Waals surface area contributed by atoms with Crippen LogP contribution in [0, 0.1) is 0 Å². The SMILES string of the molecule is CCn1c(SCC(=O)c2cccnc2)nnc1-c1ccco1. The highest BCUT2D eigenvalue weighted by Crippen LogP contribution is 2.24. The van der Waals surface area contributed by atoms with Crippen molar-refractivity contribution in [3.8, 4) is 11.6 Å². The molecule has 0 aliphatic heterocycles. The molecule has 0 saturated heterocycles. The molecule has 0 bridgehead atoms. The number of aromatic nitrogens is 4. The number of carbonyl (C=O) groups is 1. The van der Waals surface area contributed by atoms with Gasteiger partial charge in [0.25, 0.3) is 0 Å². The van der Waals surface area contributed by atoms with E-state index in [0.717, 1.165) is 0 Å². The highest BCUT2D eigenvalue weighted by atomic mass is 32.2. The lowest BCUT2D eigenvalue weighted by Gasteiger charge is -2.05. The van der Waals surface area contributed by atoms with E-state index in [1.165, 1.54) is 11.8 Å². The van der Waals surface area contributed by atoms with Gasteiger partial charge in [0.15, 0.2) is 22.5 Å². The van der Waals surface area contributed by atoms with Gasteiger partial charge in [-0.25, -0.2) is 0 Å². The first-order valence-corrected chi connectivity index (χ1v) is 7.81. The molecule has 22 heavy (non-hydrogen) atoms. The average molecular weight is 314 g/mol. The summed E-state index contributed by atoms with van der Waals surface area (Å²) in [5, 5.41) is 9.01. The van der Waals surface area contributed by atoms with Crippen LogP contribution >= 0.6 is 11.8 Å². The highest BCUT2D eigenvalue weighted by molar-refractivity contribution is 7.99. The summed E-state index contributed by atoms with van der Waals surface area (Å²) in [6.07, 6.45) is 4.82. The Morgan fingerprint density at radius 3 is 2.91 bits per heavy atom. The first-order chi connectivity index (χ1) is 10.8. The second kappa shape index (κ2) is 6.57. The van der Waals surface area contributed by atoms with Crippen LogP contribution in [0.15, 0.2) is 52.5 Å². The molecular weight excluding hydrogens is 300 g/mol. The number of nitrogens with zero attached hydrogens (tertiary/aromatic N) is 4. The molecule has 3 aromatic rings. The summed E-state index contributed by atoms with van der Waals surface area (Å²) in [5.41, 5.74) is 0.601. The Hall–Kier alpha value is -2.41. The molecule has 0 aliphatic rings. The van der Waals surface area contributed by atoms with Crippen molar-refractivity contribution in [3.05, 3.63) is 48.5 Å². The van der Waals surface area contributed by atoms with Crippen molar-refractivity contribution in [1.29, 1.82) is 0 Å². The second-order valence-corrected chi connectivity index (χ2v) is 5.42. The maximum Gasteiger partial charge on any atom is 0.200 e. The molecule has 0 N–H and O–H groups in total. The lowest BCUT2D eigenvalue weighted by atomic mass is 10.2. The normalized spacial score (nSPS) is 10.8. The topological polar surface area (TPSA) is 73.8 Å². The van der Waals surface area contributed by atoms with Crippen LogP contribution in [0.4, 0.5) is 0 Å². The van der Waals surface area contributed by atoms with Gasteiger partial charge in [-0.1, -0.05) is 11.8 Å². The first kappa shape index (κ1) is 14.5. The molecular formula is C15H14N4O2S. The zero-order valence-electron chi connectivity index (χ0n) is 12.0. The quantitative estimate of drug-likeness (QED) is 0.514. The number of rotatable bonds is 6. The number of Topliss-reactive ketones (excluding diaryl/α,β-unsaturated/α-hetero) is 1. The predicted octanol–water partition coefficient (Wildman–Crippen LogP) is 2.93. The maximum absolute atomic E-state index is 12.1. The largest absolute Gasteiger partial charge is 0.461 e. The minimum Gasteiger partial charge on any atom is -0.461 e. The summed E-state index contributed by atoms with van der Waals surface area (Å²) in [4.78, 5) is 16.1. The Morgan fingerprint density at radius 2 is 2.23 bits per heavy atom. The van der Waals surface area contributed by atoms with Gasteiger partial charge in [0.2, 0.25) is 0 Å². The molecule has 0 atom stereocenters. The summed E-state index contributed by atoms with van der Waals surface area (Å²) in [7, 11) is 0. The summed E-state index contributed by atoms with van der Waals surface area (Å²) < 4.78 is 7.29. The van der Waals surface area contributed by atoms with Crippen LogP contribution in [0.1, 0.15) is 17.3 Å². The molecule has 0 spiro atoms. The number of furan rings is 1. The van der Waals surface area contributed by atoms with Crippen LogP contribution in [-0.4, -0.2) is 31.3 Å². The van der Waals surface area contributed by atoms with Crippen LogP contribution in [-0.2, 0) is 6.54 Å². The van der Waals surface area contributed by atoms with Crippen molar-refractivity contribution in [3.63, 3.8) is 0 Å². The molecule has 3 aromatic heterocycles. The van der Waals surface area contributed by atoms with Crippen LogP contribution in [0.3, 0.4) is 0 Å². The number of hydrogen-bond acceptors (Lipinski definition) is 6. The predicted molar refractivity (Wildman–Crippen MR) is 82.7 cm³/mol. The number of carbonyl (C=O) groups excluding carboxylic acids is 1. The Morgan fingerprint density at radius 1 is 1.32 bits per heavy atom. The van der Waals surface area contributed by atoms with Crippen LogP contribution in [0.25, 0.3) is 11.6 Å². The van der Waals surface area contributed by atoms with Gasteiger partial charge in [0.1, 0.15) is 0 Å². The molecule has 3 heterocycles. The van der Waals surface area contributed by atoms with Gasteiger partial charge < -0.3 is 4.42 Å². The molecule has 0 amide bonds. The highest BCUT2D eigenvalue weighted by Gasteiger charge is 2.16. The van der Waals surface area contributed by atoms with Gasteiger partial charge >= 0.3 is 0 Å². The molecule has 0 radical (unpaired) electrons. The molecule has 3 rings (SSSR count). The third-order valence-corrected chi connectivity index (χ3v) is 4.06. The molecule has 0 fully saturated rings. The van der Waals surface area contributed by atoms with E-state index >= 15 is 0 Å². The second-order valence-electron chi connectivity index (χ2n) is 4.48. The van der Waals surface area contributed by atoms with E-state index < -0.39 is 0 Å². The number of thioether (sulfide) groups is 1. The van der Waals surface area contributed by atoms with E-state index in [9.17, 15) is 4.79 Å². The van der Waals surface area contributed by atoms with Crippen molar-refractivity contribution >= 4 is 17.5 Å². The summed E-state index contributed by atoms with van der Waals surface area (Å²) in [6, 6.07) is 7.16. The van der Waals surface area contributed by atoms with Crippen molar-refractivity contribution in [2.45, 2.75) is 18.6 Å². The third kappa shape index (κ3) is 2.94. The fourth-order valence-corrected chi connectivity index (χ4v) is 2.91.